The van der Waals surface area contributed by atoms with Crippen molar-refractivity contribution in [1.82, 2.24) is 10.2 Å². The first-order valence-corrected chi connectivity index (χ1v) is 3.71. The van der Waals surface area contributed by atoms with Gasteiger partial charge in [0.2, 0.25) is 0 Å². The summed E-state index contributed by atoms with van der Waals surface area (Å²) in [6.45, 7) is 0. The van der Waals surface area contributed by atoms with Gasteiger partial charge in [-0.05, 0) is 11.4 Å². The molecule has 0 spiro atoms. The van der Waals surface area contributed by atoms with Gasteiger partial charge in [0.25, 0.3) is 0 Å². The van der Waals surface area contributed by atoms with Crippen molar-refractivity contribution in [2.45, 2.75) is 0 Å². The third kappa shape index (κ3) is 0.653. The second-order valence-electron chi connectivity index (χ2n) is 1.67. The van der Waals surface area contributed by atoms with Crippen LogP contribution < -0.4 is 0 Å². The van der Waals surface area contributed by atoms with Crippen LogP contribution in [0.1, 0.15) is 0 Å². The van der Waals surface area contributed by atoms with Gasteiger partial charge in [0.05, 0.1) is 4.70 Å². The van der Waals surface area contributed by atoms with E-state index < -0.39 is 0 Å². The van der Waals surface area contributed by atoms with Gasteiger partial charge in [-0.3, -0.25) is 5.10 Å². The van der Waals surface area contributed by atoms with Crippen LogP contribution in [-0.4, -0.2) is 10.2 Å². The maximum Gasteiger partial charge on any atom is 0.142 e. The quantitative estimate of drug-likeness (QED) is 0.626. The molecule has 1 N–H and O–H groups in total. The highest BCUT2D eigenvalue weighted by Gasteiger charge is 2.01. The number of nitrogens with zero attached hydrogens (tertiary/aromatic N) is 1. The molecule has 9 heavy (non-hydrogen) atoms. The van der Waals surface area contributed by atoms with E-state index in [-0.39, 0.29) is 0 Å². The van der Waals surface area contributed by atoms with E-state index in [2.05, 4.69) is 10.2 Å². The second-order valence-corrected chi connectivity index (χ2v) is 2.97. The van der Waals surface area contributed by atoms with Crippen LogP contribution in [0.15, 0.2) is 11.4 Å². The molecular formula is C5H3ClN2S. The lowest BCUT2D eigenvalue weighted by atomic mass is 10.5. The number of H-pyrrole nitrogens is 1. The second kappa shape index (κ2) is 1.72. The number of halogens is 1. The van der Waals surface area contributed by atoms with Crippen LogP contribution in [0, 0.1) is 0 Å². The van der Waals surface area contributed by atoms with Gasteiger partial charge in [-0.15, -0.1) is 11.3 Å². The van der Waals surface area contributed by atoms with Gasteiger partial charge in [0.15, 0.2) is 0 Å². The summed E-state index contributed by atoms with van der Waals surface area (Å²) >= 11 is 7.30. The Kier molecular flexibility index (Phi) is 1.00. The molecule has 0 saturated heterocycles. The molecule has 46 valence electrons. The molecule has 0 aromatic carbocycles. The lowest BCUT2D eigenvalue weighted by Crippen LogP contribution is -1.61. The standard InChI is InChI=1S/C5H3ClN2S/c6-5-4-3(7-8-5)1-2-9-4/h1-2H,(H,7,8). The number of thiophene rings is 1. The molecule has 0 amide bonds. The first kappa shape index (κ1) is 5.26. The molecule has 0 aliphatic carbocycles. The molecule has 4 heteroatoms. The van der Waals surface area contributed by atoms with Crippen molar-refractivity contribution in [3.8, 4) is 0 Å². The third-order valence-corrected chi connectivity index (χ3v) is 2.42. The van der Waals surface area contributed by atoms with Crippen LogP contribution in [0.25, 0.3) is 10.2 Å². The average Bonchev–Trinajstić information content (AvgIpc) is 2.35. The van der Waals surface area contributed by atoms with Crippen molar-refractivity contribution in [2.24, 2.45) is 0 Å². The van der Waals surface area contributed by atoms with Crippen molar-refractivity contribution in [2.75, 3.05) is 0 Å². The summed E-state index contributed by atoms with van der Waals surface area (Å²) in [6.07, 6.45) is 0. The van der Waals surface area contributed by atoms with Gasteiger partial charge in [-0.1, -0.05) is 11.6 Å². The lowest BCUT2D eigenvalue weighted by Gasteiger charge is -1.71. The number of hydrogen-bond donors (Lipinski definition) is 1. The van der Waals surface area contributed by atoms with Gasteiger partial charge in [0.1, 0.15) is 10.7 Å². The minimum Gasteiger partial charge on any atom is -0.265 e. The highest BCUT2D eigenvalue weighted by Crippen LogP contribution is 2.24. The van der Waals surface area contributed by atoms with E-state index in [4.69, 9.17) is 11.6 Å². The van der Waals surface area contributed by atoms with Crippen molar-refractivity contribution in [3.05, 3.63) is 16.6 Å². The zero-order valence-electron chi connectivity index (χ0n) is 4.39. The van der Waals surface area contributed by atoms with E-state index in [0.29, 0.717) is 5.15 Å². The van der Waals surface area contributed by atoms with E-state index in [1.165, 1.54) is 0 Å². The molecule has 0 radical (unpaired) electrons. The van der Waals surface area contributed by atoms with Gasteiger partial charge in [-0.25, -0.2) is 0 Å². The Labute approximate surface area is 60.5 Å². The molecular weight excluding hydrogens is 156 g/mol. The minimum atomic E-state index is 0.639. The maximum atomic E-state index is 5.71. The fourth-order valence-corrected chi connectivity index (χ4v) is 1.70. The van der Waals surface area contributed by atoms with Crippen LogP contribution >= 0.6 is 22.9 Å². The Hall–Kier alpha value is -0.540. The van der Waals surface area contributed by atoms with Crippen LogP contribution in [0.2, 0.25) is 5.15 Å². The molecule has 2 rings (SSSR count). The highest BCUT2D eigenvalue weighted by atomic mass is 35.5. The molecule has 0 saturated carbocycles. The highest BCUT2D eigenvalue weighted by molar-refractivity contribution is 7.17. The van der Waals surface area contributed by atoms with Crippen LogP contribution in [-0.2, 0) is 0 Å². The Balaban J connectivity index is 2.99. The fourth-order valence-electron chi connectivity index (χ4n) is 0.715. The largest absolute Gasteiger partial charge is 0.265 e. The minimum absolute atomic E-state index is 0.639. The van der Waals surface area contributed by atoms with Gasteiger partial charge in [-0.2, -0.15) is 5.10 Å². The van der Waals surface area contributed by atoms with Crippen molar-refractivity contribution >= 4 is 33.2 Å². The predicted octanol–water partition coefficient (Wildman–Crippen LogP) is 2.28. The molecule has 2 aromatic rings. The van der Waals surface area contributed by atoms with Gasteiger partial charge < -0.3 is 0 Å². The number of rotatable bonds is 0. The zero-order valence-corrected chi connectivity index (χ0v) is 5.96. The van der Waals surface area contributed by atoms with E-state index in [1.807, 2.05) is 11.4 Å². The number of aromatic nitrogens is 2. The molecule has 0 unspecified atom stereocenters. The van der Waals surface area contributed by atoms with Crippen molar-refractivity contribution < 1.29 is 0 Å². The van der Waals surface area contributed by atoms with Crippen LogP contribution in [0.4, 0.5) is 0 Å². The number of nitrogens with one attached hydrogen (secondary N) is 1. The summed E-state index contributed by atoms with van der Waals surface area (Å²) in [5, 5.41) is 9.22. The SMILES string of the molecule is Clc1[nH]nc2ccsc12. The van der Waals surface area contributed by atoms with Crippen LogP contribution in [0.3, 0.4) is 0 Å². The molecule has 0 atom stereocenters. The average molecular weight is 159 g/mol. The monoisotopic (exact) mass is 158 g/mol. The first-order valence-electron chi connectivity index (χ1n) is 2.45. The smallest absolute Gasteiger partial charge is 0.142 e. The maximum absolute atomic E-state index is 5.71. The summed E-state index contributed by atoms with van der Waals surface area (Å²) in [4.78, 5) is 0. The first-order chi connectivity index (χ1) is 4.38. The fraction of sp³-hybridized carbons (Fsp3) is 0. The zero-order chi connectivity index (χ0) is 6.27. The Morgan fingerprint density at radius 1 is 1.67 bits per heavy atom. The number of hydrogen-bond acceptors (Lipinski definition) is 2. The molecule has 0 fully saturated rings. The molecule has 2 aromatic heterocycles. The Morgan fingerprint density at radius 3 is 3.33 bits per heavy atom. The molecule has 2 heterocycles. The predicted molar refractivity (Wildman–Crippen MR) is 39.0 cm³/mol. The van der Waals surface area contributed by atoms with E-state index in [1.54, 1.807) is 11.3 Å². The number of fused-ring (bicyclic) bond motifs is 1. The summed E-state index contributed by atoms with van der Waals surface area (Å²) in [6, 6.07) is 1.93. The Bertz CT molecular complexity index is 324. The third-order valence-electron chi connectivity index (χ3n) is 1.12. The van der Waals surface area contributed by atoms with Gasteiger partial charge in [0, 0.05) is 0 Å². The molecule has 0 bridgehead atoms. The van der Waals surface area contributed by atoms with Gasteiger partial charge >= 0.3 is 0 Å². The summed E-state index contributed by atoms with van der Waals surface area (Å²) in [5.41, 5.74) is 0.949. The van der Waals surface area contributed by atoms with Crippen molar-refractivity contribution in [1.29, 1.82) is 0 Å². The normalized spacial score (nSPS) is 10.8. The molecule has 0 aliphatic rings. The summed E-state index contributed by atoms with van der Waals surface area (Å²) < 4.78 is 1.04. The van der Waals surface area contributed by atoms with Crippen molar-refractivity contribution in [3.63, 3.8) is 0 Å². The molecule has 0 aliphatic heterocycles. The molecule has 2 nitrogen and oxygen atoms in total. The Morgan fingerprint density at radius 2 is 2.56 bits per heavy atom. The van der Waals surface area contributed by atoms with E-state index >= 15 is 0 Å². The van der Waals surface area contributed by atoms with E-state index in [0.717, 1.165) is 10.2 Å². The topological polar surface area (TPSA) is 28.7 Å². The lowest BCUT2D eigenvalue weighted by molar-refractivity contribution is 1.12. The van der Waals surface area contributed by atoms with E-state index in [9.17, 15) is 0 Å². The van der Waals surface area contributed by atoms with Crippen LogP contribution in [0.5, 0.6) is 0 Å². The summed E-state index contributed by atoms with van der Waals surface area (Å²) in [7, 11) is 0. The summed E-state index contributed by atoms with van der Waals surface area (Å²) in [5.74, 6) is 0. The number of aromatic amines is 1.